The van der Waals surface area contributed by atoms with Gasteiger partial charge in [-0.05, 0) is 38.5 Å². The van der Waals surface area contributed by atoms with E-state index < -0.39 is 23.7 Å². The lowest BCUT2D eigenvalue weighted by molar-refractivity contribution is -0.139. The van der Waals surface area contributed by atoms with Crippen LogP contribution in [0.4, 0.5) is 4.79 Å². The average Bonchev–Trinajstić information content (AvgIpc) is 2.33. The highest BCUT2D eigenvalue weighted by Gasteiger charge is 2.25. The van der Waals surface area contributed by atoms with Crippen LogP contribution >= 0.6 is 0 Å². The van der Waals surface area contributed by atoms with Crippen molar-refractivity contribution >= 4 is 12.1 Å². The van der Waals surface area contributed by atoms with Gasteiger partial charge in [0.15, 0.2) is 6.04 Å². The number of carboxylic acids is 1. The maximum atomic E-state index is 11.6. The molecule has 0 saturated heterocycles. The second-order valence-electron chi connectivity index (χ2n) is 5.15. The van der Waals surface area contributed by atoms with E-state index in [0.29, 0.717) is 11.1 Å². The standard InChI is InChI=1S/C14H16N2O4/c1-14(2,3)20-13(19)16-11(12(17)18)10-6-4-5-9(7-10)8-15/h4-7,11H,1-3H3,(H,16,19)(H,17,18). The fourth-order valence-corrected chi connectivity index (χ4v) is 1.50. The number of hydrogen-bond acceptors (Lipinski definition) is 4. The van der Waals surface area contributed by atoms with E-state index in [0.717, 1.165) is 0 Å². The number of aliphatic carboxylic acids is 1. The van der Waals surface area contributed by atoms with E-state index in [1.54, 1.807) is 32.9 Å². The number of carbonyl (C=O) groups is 2. The topological polar surface area (TPSA) is 99.4 Å². The van der Waals surface area contributed by atoms with Crippen LogP contribution in [0.2, 0.25) is 0 Å². The number of nitrogens with zero attached hydrogens (tertiary/aromatic N) is 1. The summed E-state index contributed by atoms with van der Waals surface area (Å²) in [5.41, 5.74) is -0.0936. The van der Waals surface area contributed by atoms with Crippen molar-refractivity contribution in [3.63, 3.8) is 0 Å². The molecule has 1 amide bonds. The summed E-state index contributed by atoms with van der Waals surface area (Å²) in [6.45, 7) is 5.04. The second-order valence-corrected chi connectivity index (χ2v) is 5.15. The number of nitrogens with one attached hydrogen (secondary N) is 1. The van der Waals surface area contributed by atoms with Gasteiger partial charge in [-0.25, -0.2) is 9.59 Å². The van der Waals surface area contributed by atoms with Crippen molar-refractivity contribution in [2.75, 3.05) is 0 Å². The first-order valence-corrected chi connectivity index (χ1v) is 5.95. The van der Waals surface area contributed by atoms with E-state index in [-0.39, 0.29) is 0 Å². The van der Waals surface area contributed by atoms with E-state index >= 15 is 0 Å². The average molecular weight is 276 g/mol. The fourth-order valence-electron chi connectivity index (χ4n) is 1.50. The molecule has 1 unspecified atom stereocenters. The first kappa shape index (κ1) is 15.5. The lowest BCUT2D eigenvalue weighted by Crippen LogP contribution is -2.38. The summed E-state index contributed by atoms with van der Waals surface area (Å²) in [6.07, 6.45) is -0.827. The van der Waals surface area contributed by atoms with Crippen LogP contribution in [0.3, 0.4) is 0 Å². The minimum absolute atomic E-state index is 0.308. The number of carbonyl (C=O) groups excluding carboxylic acids is 1. The van der Waals surface area contributed by atoms with Gasteiger partial charge >= 0.3 is 12.1 Å². The molecule has 0 aliphatic rings. The zero-order valence-corrected chi connectivity index (χ0v) is 11.5. The molecule has 106 valence electrons. The lowest BCUT2D eigenvalue weighted by atomic mass is 10.0. The predicted molar refractivity (Wildman–Crippen MR) is 70.9 cm³/mol. The minimum Gasteiger partial charge on any atom is -0.479 e. The van der Waals surface area contributed by atoms with Crippen LogP contribution in [0.1, 0.15) is 37.9 Å². The van der Waals surface area contributed by atoms with Gasteiger partial charge in [0.25, 0.3) is 0 Å². The zero-order valence-electron chi connectivity index (χ0n) is 11.5. The van der Waals surface area contributed by atoms with Crippen molar-refractivity contribution in [2.45, 2.75) is 32.4 Å². The zero-order chi connectivity index (χ0) is 15.3. The van der Waals surface area contributed by atoms with Crippen LogP contribution in [0, 0.1) is 11.3 Å². The van der Waals surface area contributed by atoms with Gasteiger partial charge in [0.1, 0.15) is 5.60 Å². The lowest BCUT2D eigenvalue weighted by Gasteiger charge is -2.22. The maximum absolute atomic E-state index is 11.6. The number of rotatable bonds is 3. The van der Waals surface area contributed by atoms with Crippen LogP contribution < -0.4 is 5.32 Å². The van der Waals surface area contributed by atoms with Gasteiger partial charge in [-0.3, -0.25) is 0 Å². The molecule has 2 N–H and O–H groups in total. The number of amides is 1. The number of carboxylic acid groups (broad SMARTS) is 1. The highest BCUT2D eigenvalue weighted by molar-refractivity contribution is 5.81. The maximum Gasteiger partial charge on any atom is 0.408 e. The van der Waals surface area contributed by atoms with Crippen molar-refractivity contribution in [2.24, 2.45) is 0 Å². The second kappa shape index (κ2) is 6.06. The molecule has 0 aliphatic carbocycles. The molecule has 1 aromatic rings. The largest absolute Gasteiger partial charge is 0.479 e. The van der Waals surface area contributed by atoms with Gasteiger partial charge < -0.3 is 15.2 Å². The molecule has 1 rings (SSSR count). The van der Waals surface area contributed by atoms with Crippen LogP contribution in [-0.2, 0) is 9.53 Å². The summed E-state index contributed by atoms with van der Waals surface area (Å²) < 4.78 is 5.02. The Kier molecular flexibility index (Phi) is 4.70. The van der Waals surface area contributed by atoms with E-state index in [2.05, 4.69) is 5.32 Å². The Morgan fingerprint density at radius 3 is 2.55 bits per heavy atom. The molecule has 1 aromatic carbocycles. The van der Waals surface area contributed by atoms with Crippen molar-refractivity contribution in [3.05, 3.63) is 35.4 Å². The molecular weight excluding hydrogens is 260 g/mol. The summed E-state index contributed by atoms with van der Waals surface area (Å²) in [4.78, 5) is 22.9. The normalized spacial score (nSPS) is 12.1. The molecule has 0 aliphatic heterocycles. The van der Waals surface area contributed by atoms with E-state index in [4.69, 9.17) is 10.00 Å². The van der Waals surface area contributed by atoms with Crippen molar-refractivity contribution in [1.29, 1.82) is 5.26 Å². The molecule has 0 spiro atoms. The third-order valence-electron chi connectivity index (χ3n) is 2.26. The third kappa shape index (κ3) is 4.61. The summed E-state index contributed by atoms with van der Waals surface area (Å²) in [7, 11) is 0. The Morgan fingerprint density at radius 1 is 1.40 bits per heavy atom. The molecule has 0 bridgehead atoms. The molecular formula is C14H16N2O4. The Balaban J connectivity index is 2.93. The minimum atomic E-state index is -1.27. The highest BCUT2D eigenvalue weighted by Crippen LogP contribution is 2.16. The van der Waals surface area contributed by atoms with Gasteiger partial charge in [-0.2, -0.15) is 5.26 Å². The van der Waals surface area contributed by atoms with Crippen molar-refractivity contribution in [1.82, 2.24) is 5.32 Å². The quantitative estimate of drug-likeness (QED) is 0.881. The van der Waals surface area contributed by atoms with Crippen molar-refractivity contribution in [3.8, 4) is 6.07 Å². The fraction of sp³-hybridized carbons (Fsp3) is 0.357. The number of ether oxygens (including phenoxy) is 1. The molecule has 1 atom stereocenters. The molecule has 6 heteroatoms. The third-order valence-corrected chi connectivity index (χ3v) is 2.26. The summed E-state index contributed by atoms with van der Waals surface area (Å²) in [5, 5.41) is 20.3. The molecule has 0 radical (unpaired) electrons. The Hall–Kier alpha value is -2.55. The number of benzene rings is 1. The van der Waals surface area contributed by atoms with Crippen LogP contribution in [0.15, 0.2) is 24.3 Å². The van der Waals surface area contributed by atoms with Crippen molar-refractivity contribution < 1.29 is 19.4 Å². The van der Waals surface area contributed by atoms with E-state index in [1.807, 2.05) is 6.07 Å². The summed E-state index contributed by atoms with van der Waals surface area (Å²) >= 11 is 0. The molecule has 20 heavy (non-hydrogen) atoms. The Labute approximate surface area is 117 Å². The summed E-state index contributed by atoms with van der Waals surface area (Å²) in [6, 6.07) is 6.70. The molecule has 0 aromatic heterocycles. The van der Waals surface area contributed by atoms with Crippen LogP contribution in [0.5, 0.6) is 0 Å². The van der Waals surface area contributed by atoms with E-state index in [9.17, 15) is 14.7 Å². The predicted octanol–water partition coefficient (Wildman–Crippen LogP) is 2.21. The van der Waals surface area contributed by atoms with Gasteiger partial charge in [-0.1, -0.05) is 12.1 Å². The molecule has 0 heterocycles. The summed E-state index contributed by atoms with van der Waals surface area (Å²) in [5.74, 6) is -1.23. The highest BCUT2D eigenvalue weighted by atomic mass is 16.6. The monoisotopic (exact) mass is 276 g/mol. The van der Waals surface area contributed by atoms with Gasteiger partial charge in [0.2, 0.25) is 0 Å². The van der Waals surface area contributed by atoms with E-state index in [1.165, 1.54) is 12.1 Å². The smallest absolute Gasteiger partial charge is 0.408 e. The molecule has 6 nitrogen and oxygen atoms in total. The van der Waals surface area contributed by atoms with Gasteiger partial charge in [0, 0.05) is 0 Å². The van der Waals surface area contributed by atoms with Gasteiger partial charge in [-0.15, -0.1) is 0 Å². The number of nitriles is 1. The Morgan fingerprint density at radius 2 is 2.05 bits per heavy atom. The molecule has 0 saturated carbocycles. The van der Waals surface area contributed by atoms with Gasteiger partial charge in [0.05, 0.1) is 11.6 Å². The first-order chi connectivity index (χ1) is 9.23. The first-order valence-electron chi connectivity index (χ1n) is 5.95. The van der Waals surface area contributed by atoms with Crippen LogP contribution in [-0.4, -0.2) is 22.8 Å². The van der Waals surface area contributed by atoms with Crippen LogP contribution in [0.25, 0.3) is 0 Å². The number of alkyl carbamates (subject to hydrolysis) is 1. The number of hydrogen-bond donors (Lipinski definition) is 2. The molecule has 0 fully saturated rings. The SMILES string of the molecule is CC(C)(C)OC(=O)NC(C(=O)O)c1cccc(C#N)c1. The Bertz CT molecular complexity index is 555.